The molecule has 1 aliphatic carbocycles. The summed E-state index contributed by atoms with van der Waals surface area (Å²) in [6.45, 7) is 7.46. The van der Waals surface area contributed by atoms with Gasteiger partial charge in [0.2, 0.25) is 0 Å². The maximum absolute atomic E-state index is 5.45. The Morgan fingerprint density at radius 1 is 0.889 bits per heavy atom. The number of hydrogen-bond donors (Lipinski definition) is 1. The van der Waals surface area contributed by atoms with E-state index in [-0.39, 0.29) is 0 Å². The lowest BCUT2D eigenvalue weighted by Gasteiger charge is -2.51. The zero-order valence-corrected chi connectivity index (χ0v) is 11.6. The van der Waals surface area contributed by atoms with Gasteiger partial charge in [0.1, 0.15) is 0 Å². The number of rotatable bonds is 3. The standard InChI is InChI=1S/C14H27N3O/c1-18-14-4-2-12(3-5-14)17-10-13(11-17)16-8-6-15-7-9-16/h12-15H,2-11H2,1H3. The van der Waals surface area contributed by atoms with Crippen LogP contribution in [0.5, 0.6) is 0 Å². The van der Waals surface area contributed by atoms with Crippen LogP contribution in [-0.2, 0) is 4.74 Å². The van der Waals surface area contributed by atoms with Gasteiger partial charge in [-0.1, -0.05) is 0 Å². The van der Waals surface area contributed by atoms with E-state index >= 15 is 0 Å². The lowest BCUT2D eigenvalue weighted by atomic mass is 9.89. The molecule has 2 aliphatic heterocycles. The fraction of sp³-hybridized carbons (Fsp3) is 1.00. The third-order valence-corrected chi connectivity index (χ3v) is 5.05. The van der Waals surface area contributed by atoms with Crippen molar-refractivity contribution in [2.45, 2.75) is 43.9 Å². The Morgan fingerprint density at radius 2 is 1.56 bits per heavy atom. The largest absolute Gasteiger partial charge is 0.381 e. The summed E-state index contributed by atoms with van der Waals surface area (Å²) in [7, 11) is 1.86. The molecule has 3 rings (SSSR count). The minimum atomic E-state index is 0.534. The normalized spacial score (nSPS) is 36.5. The van der Waals surface area contributed by atoms with E-state index in [0.29, 0.717) is 6.10 Å². The summed E-state index contributed by atoms with van der Waals surface area (Å²) in [5.41, 5.74) is 0. The van der Waals surface area contributed by atoms with Crippen LogP contribution in [0.4, 0.5) is 0 Å². The van der Waals surface area contributed by atoms with E-state index in [1.54, 1.807) is 0 Å². The molecule has 0 radical (unpaired) electrons. The molecule has 2 saturated heterocycles. The van der Waals surface area contributed by atoms with Crippen molar-refractivity contribution in [3.05, 3.63) is 0 Å². The fourth-order valence-corrected chi connectivity index (χ4v) is 3.71. The summed E-state index contributed by atoms with van der Waals surface area (Å²) in [4.78, 5) is 5.38. The molecule has 0 aromatic rings. The molecule has 2 heterocycles. The van der Waals surface area contributed by atoms with Crippen LogP contribution in [0, 0.1) is 0 Å². The number of nitrogens with zero attached hydrogens (tertiary/aromatic N) is 2. The number of methoxy groups -OCH3 is 1. The van der Waals surface area contributed by atoms with Gasteiger partial charge >= 0.3 is 0 Å². The molecule has 0 bridgehead atoms. The Bertz CT molecular complexity index is 254. The van der Waals surface area contributed by atoms with Crippen LogP contribution in [-0.4, -0.2) is 74.4 Å². The summed E-state index contributed by atoms with van der Waals surface area (Å²) in [5, 5.41) is 3.43. The van der Waals surface area contributed by atoms with Crippen molar-refractivity contribution < 1.29 is 4.74 Å². The van der Waals surface area contributed by atoms with E-state index in [4.69, 9.17) is 4.74 Å². The predicted molar refractivity (Wildman–Crippen MR) is 72.9 cm³/mol. The van der Waals surface area contributed by atoms with Crippen LogP contribution >= 0.6 is 0 Å². The number of piperazine rings is 1. The van der Waals surface area contributed by atoms with Gasteiger partial charge in [-0.25, -0.2) is 0 Å². The van der Waals surface area contributed by atoms with Gasteiger partial charge in [0, 0.05) is 58.5 Å². The van der Waals surface area contributed by atoms with E-state index in [1.807, 2.05) is 7.11 Å². The van der Waals surface area contributed by atoms with Gasteiger partial charge < -0.3 is 10.1 Å². The maximum Gasteiger partial charge on any atom is 0.0572 e. The van der Waals surface area contributed by atoms with Gasteiger partial charge in [0.05, 0.1) is 6.10 Å². The van der Waals surface area contributed by atoms with Crippen molar-refractivity contribution >= 4 is 0 Å². The predicted octanol–water partition coefficient (Wildman–Crippen LogP) is 0.533. The zero-order chi connectivity index (χ0) is 12.4. The lowest BCUT2D eigenvalue weighted by molar-refractivity contribution is -0.0283. The maximum atomic E-state index is 5.45. The monoisotopic (exact) mass is 253 g/mol. The van der Waals surface area contributed by atoms with Crippen molar-refractivity contribution in [1.29, 1.82) is 0 Å². The summed E-state index contributed by atoms with van der Waals surface area (Å²) in [5.74, 6) is 0. The summed E-state index contributed by atoms with van der Waals surface area (Å²) in [6, 6.07) is 1.68. The molecule has 1 N–H and O–H groups in total. The van der Waals surface area contributed by atoms with Gasteiger partial charge in [-0.05, 0) is 25.7 Å². The molecule has 0 spiro atoms. The van der Waals surface area contributed by atoms with Gasteiger partial charge in [0.25, 0.3) is 0 Å². The Labute approximate surface area is 111 Å². The molecule has 0 atom stereocenters. The molecule has 0 amide bonds. The van der Waals surface area contributed by atoms with Crippen LogP contribution in [0.15, 0.2) is 0 Å². The first-order valence-electron chi connectivity index (χ1n) is 7.58. The highest BCUT2D eigenvalue weighted by Crippen LogP contribution is 2.29. The number of likely N-dealkylation sites (tertiary alicyclic amines) is 1. The van der Waals surface area contributed by atoms with Crippen molar-refractivity contribution in [2.75, 3.05) is 46.4 Å². The SMILES string of the molecule is COC1CCC(N2CC(N3CCNCC3)C2)CC1. The second kappa shape index (κ2) is 5.87. The Kier molecular flexibility index (Phi) is 4.19. The molecule has 0 unspecified atom stereocenters. The van der Waals surface area contributed by atoms with E-state index in [9.17, 15) is 0 Å². The van der Waals surface area contributed by atoms with Gasteiger partial charge in [-0.2, -0.15) is 0 Å². The lowest BCUT2D eigenvalue weighted by Crippen LogP contribution is -2.65. The van der Waals surface area contributed by atoms with E-state index in [1.165, 1.54) is 65.0 Å². The van der Waals surface area contributed by atoms with Gasteiger partial charge in [0.15, 0.2) is 0 Å². The summed E-state index contributed by atoms with van der Waals surface area (Å²) >= 11 is 0. The molecule has 4 nitrogen and oxygen atoms in total. The van der Waals surface area contributed by atoms with Gasteiger partial charge in [-0.3, -0.25) is 9.80 Å². The smallest absolute Gasteiger partial charge is 0.0572 e. The van der Waals surface area contributed by atoms with Crippen LogP contribution < -0.4 is 5.32 Å². The molecule has 18 heavy (non-hydrogen) atoms. The minimum Gasteiger partial charge on any atom is -0.381 e. The second-order valence-electron chi connectivity index (χ2n) is 6.06. The molecular formula is C14H27N3O. The first-order chi connectivity index (χ1) is 8.86. The Balaban J connectivity index is 1.39. The average Bonchev–Trinajstić information content (AvgIpc) is 2.39. The summed E-state index contributed by atoms with van der Waals surface area (Å²) < 4.78 is 5.45. The zero-order valence-electron chi connectivity index (χ0n) is 11.6. The second-order valence-corrected chi connectivity index (χ2v) is 6.06. The molecule has 3 aliphatic rings. The van der Waals surface area contributed by atoms with Crippen LogP contribution in [0.3, 0.4) is 0 Å². The molecular weight excluding hydrogens is 226 g/mol. The summed E-state index contributed by atoms with van der Waals surface area (Å²) in [6.07, 6.45) is 5.73. The van der Waals surface area contributed by atoms with Crippen molar-refractivity contribution in [3.63, 3.8) is 0 Å². The van der Waals surface area contributed by atoms with Crippen LogP contribution in [0.25, 0.3) is 0 Å². The molecule has 0 aromatic heterocycles. The molecule has 3 fully saturated rings. The van der Waals surface area contributed by atoms with Crippen molar-refractivity contribution in [2.24, 2.45) is 0 Å². The van der Waals surface area contributed by atoms with Crippen LogP contribution in [0.2, 0.25) is 0 Å². The van der Waals surface area contributed by atoms with Crippen LogP contribution in [0.1, 0.15) is 25.7 Å². The quantitative estimate of drug-likeness (QED) is 0.794. The molecule has 0 aromatic carbocycles. The number of ether oxygens (including phenoxy) is 1. The van der Waals surface area contributed by atoms with E-state index in [0.717, 1.165) is 12.1 Å². The molecule has 1 saturated carbocycles. The highest BCUT2D eigenvalue weighted by molar-refractivity contribution is 4.94. The number of hydrogen-bond acceptors (Lipinski definition) is 4. The molecule has 104 valence electrons. The third-order valence-electron chi connectivity index (χ3n) is 5.05. The Morgan fingerprint density at radius 3 is 2.17 bits per heavy atom. The minimum absolute atomic E-state index is 0.534. The first-order valence-corrected chi connectivity index (χ1v) is 7.58. The van der Waals surface area contributed by atoms with Crippen molar-refractivity contribution in [3.8, 4) is 0 Å². The molecule has 4 heteroatoms. The third kappa shape index (κ3) is 2.72. The topological polar surface area (TPSA) is 27.7 Å². The van der Waals surface area contributed by atoms with E-state index < -0.39 is 0 Å². The van der Waals surface area contributed by atoms with Gasteiger partial charge in [-0.15, -0.1) is 0 Å². The highest BCUT2D eigenvalue weighted by atomic mass is 16.5. The van der Waals surface area contributed by atoms with Crippen molar-refractivity contribution in [1.82, 2.24) is 15.1 Å². The number of nitrogens with one attached hydrogen (secondary N) is 1. The van der Waals surface area contributed by atoms with E-state index in [2.05, 4.69) is 15.1 Å². The Hall–Kier alpha value is -0.160. The average molecular weight is 253 g/mol. The highest BCUT2D eigenvalue weighted by Gasteiger charge is 2.37. The first kappa shape index (κ1) is 12.9. The fourth-order valence-electron chi connectivity index (χ4n) is 3.71.